The molecule has 1 rings (SSSR count). The fraction of sp³-hybridized carbons (Fsp3) is 0.462. The van der Waals surface area contributed by atoms with Gasteiger partial charge in [0.25, 0.3) is 0 Å². The maximum atomic E-state index is 11.5. The molecule has 0 aliphatic heterocycles. The second-order valence-electron chi connectivity index (χ2n) is 3.90. The van der Waals surface area contributed by atoms with E-state index in [9.17, 15) is 9.90 Å². The van der Waals surface area contributed by atoms with Crippen molar-refractivity contribution in [1.29, 1.82) is 0 Å². The van der Waals surface area contributed by atoms with Crippen molar-refractivity contribution < 1.29 is 9.90 Å². The van der Waals surface area contributed by atoms with Crippen molar-refractivity contribution >= 4 is 5.91 Å². The molecule has 1 unspecified atom stereocenters. The second-order valence-corrected chi connectivity index (χ2v) is 3.90. The van der Waals surface area contributed by atoms with Gasteiger partial charge < -0.3 is 10.4 Å². The lowest BCUT2D eigenvalue weighted by Crippen LogP contribution is -2.26. The molecule has 0 saturated heterocycles. The van der Waals surface area contributed by atoms with E-state index in [4.69, 9.17) is 0 Å². The summed E-state index contributed by atoms with van der Waals surface area (Å²) in [4.78, 5) is 11.5. The Morgan fingerprint density at radius 2 is 2.12 bits per heavy atom. The first-order valence-corrected chi connectivity index (χ1v) is 5.67. The molecular weight excluding hydrogens is 202 g/mol. The lowest BCUT2D eigenvalue weighted by Gasteiger charge is -2.17. The minimum Gasteiger partial charge on any atom is -0.392 e. The molecule has 0 aliphatic carbocycles. The molecule has 1 aromatic rings. The summed E-state index contributed by atoms with van der Waals surface area (Å²) in [6, 6.07) is 7.55. The van der Waals surface area contributed by atoms with Crippen molar-refractivity contribution in [2.45, 2.75) is 39.3 Å². The number of amides is 1. The molecule has 0 spiro atoms. The van der Waals surface area contributed by atoms with Crippen LogP contribution in [0.2, 0.25) is 0 Å². The van der Waals surface area contributed by atoms with Crippen LogP contribution in [0.5, 0.6) is 0 Å². The predicted octanol–water partition coefficient (Wildman–Crippen LogP) is 2.16. The van der Waals surface area contributed by atoms with Gasteiger partial charge in [-0.2, -0.15) is 0 Å². The largest absolute Gasteiger partial charge is 0.392 e. The lowest BCUT2D eigenvalue weighted by molar-refractivity contribution is -0.121. The Kier molecular flexibility index (Phi) is 4.99. The van der Waals surface area contributed by atoms with E-state index in [1.165, 1.54) is 0 Å². The van der Waals surface area contributed by atoms with Crippen LogP contribution in [0.25, 0.3) is 0 Å². The Balaban J connectivity index is 2.72. The van der Waals surface area contributed by atoms with Crippen molar-refractivity contribution in [3.05, 3.63) is 35.4 Å². The SMILES string of the molecule is CCCC(=O)NC(C)c1ccccc1CO. The smallest absolute Gasteiger partial charge is 0.220 e. The predicted molar refractivity (Wildman–Crippen MR) is 63.8 cm³/mol. The van der Waals surface area contributed by atoms with E-state index in [0.717, 1.165) is 17.5 Å². The van der Waals surface area contributed by atoms with Gasteiger partial charge in [-0.05, 0) is 24.5 Å². The third-order valence-corrected chi connectivity index (χ3v) is 2.55. The number of carbonyl (C=O) groups excluding carboxylic acids is 1. The molecule has 88 valence electrons. The minimum absolute atomic E-state index is 0.00413. The summed E-state index contributed by atoms with van der Waals surface area (Å²) < 4.78 is 0. The van der Waals surface area contributed by atoms with Gasteiger partial charge in [0.1, 0.15) is 0 Å². The maximum Gasteiger partial charge on any atom is 0.220 e. The fourth-order valence-corrected chi connectivity index (χ4v) is 1.72. The molecule has 0 aliphatic rings. The highest BCUT2D eigenvalue weighted by atomic mass is 16.3. The number of aliphatic hydroxyl groups is 1. The van der Waals surface area contributed by atoms with E-state index in [2.05, 4.69) is 5.32 Å². The van der Waals surface area contributed by atoms with E-state index in [1.807, 2.05) is 38.1 Å². The Bertz CT molecular complexity index is 350. The first-order valence-electron chi connectivity index (χ1n) is 5.67. The third kappa shape index (κ3) is 3.35. The minimum atomic E-state index is -0.0533. The maximum absolute atomic E-state index is 11.5. The number of aliphatic hydroxyl groups excluding tert-OH is 1. The van der Waals surface area contributed by atoms with E-state index >= 15 is 0 Å². The molecule has 0 radical (unpaired) electrons. The first-order chi connectivity index (χ1) is 7.69. The van der Waals surface area contributed by atoms with Gasteiger partial charge >= 0.3 is 0 Å². The van der Waals surface area contributed by atoms with Crippen molar-refractivity contribution in [2.75, 3.05) is 0 Å². The van der Waals surface area contributed by atoms with Crippen molar-refractivity contribution in [1.82, 2.24) is 5.32 Å². The highest BCUT2D eigenvalue weighted by molar-refractivity contribution is 5.76. The zero-order valence-corrected chi connectivity index (χ0v) is 9.86. The van der Waals surface area contributed by atoms with Gasteiger partial charge in [-0.25, -0.2) is 0 Å². The number of benzene rings is 1. The highest BCUT2D eigenvalue weighted by Crippen LogP contribution is 2.17. The molecular formula is C13H19NO2. The standard InChI is InChI=1S/C13H19NO2/c1-3-6-13(16)14-10(2)12-8-5-4-7-11(12)9-15/h4-5,7-8,10,15H,3,6,9H2,1-2H3,(H,14,16). The van der Waals surface area contributed by atoms with Crippen LogP contribution in [0.3, 0.4) is 0 Å². The summed E-state index contributed by atoms with van der Waals surface area (Å²) in [5.74, 6) is 0.0581. The highest BCUT2D eigenvalue weighted by Gasteiger charge is 2.11. The number of rotatable bonds is 5. The summed E-state index contributed by atoms with van der Waals surface area (Å²) in [6.45, 7) is 3.91. The van der Waals surface area contributed by atoms with E-state index < -0.39 is 0 Å². The average molecular weight is 221 g/mol. The van der Waals surface area contributed by atoms with Crippen LogP contribution in [0.15, 0.2) is 24.3 Å². The summed E-state index contributed by atoms with van der Waals surface area (Å²) in [7, 11) is 0. The van der Waals surface area contributed by atoms with Gasteiger partial charge in [0.05, 0.1) is 12.6 Å². The summed E-state index contributed by atoms with van der Waals surface area (Å²) in [5.41, 5.74) is 1.85. The van der Waals surface area contributed by atoms with Crippen LogP contribution in [0, 0.1) is 0 Å². The van der Waals surface area contributed by atoms with E-state index in [1.54, 1.807) is 0 Å². The van der Waals surface area contributed by atoms with Gasteiger partial charge in [0.15, 0.2) is 0 Å². The van der Waals surface area contributed by atoms with Crippen LogP contribution in [-0.4, -0.2) is 11.0 Å². The van der Waals surface area contributed by atoms with Crippen molar-refractivity contribution in [3.8, 4) is 0 Å². The summed E-state index contributed by atoms with van der Waals surface area (Å²) in [5, 5.41) is 12.1. The topological polar surface area (TPSA) is 49.3 Å². The van der Waals surface area contributed by atoms with Gasteiger partial charge in [-0.1, -0.05) is 31.2 Å². The normalized spacial score (nSPS) is 12.2. The van der Waals surface area contributed by atoms with Gasteiger partial charge in [-0.15, -0.1) is 0 Å². The lowest BCUT2D eigenvalue weighted by atomic mass is 10.0. The summed E-state index contributed by atoms with van der Waals surface area (Å²) >= 11 is 0. The average Bonchev–Trinajstić information content (AvgIpc) is 2.29. The molecule has 1 aromatic carbocycles. The molecule has 2 N–H and O–H groups in total. The van der Waals surface area contributed by atoms with Gasteiger partial charge in [0.2, 0.25) is 5.91 Å². The van der Waals surface area contributed by atoms with Crippen LogP contribution in [-0.2, 0) is 11.4 Å². The van der Waals surface area contributed by atoms with Crippen molar-refractivity contribution in [2.24, 2.45) is 0 Å². The Morgan fingerprint density at radius 3 is 2.75 bits per heavy atom. The fourth-order valence-electron chi connectivity index (χ4n) is 1.72. The molecule has 0 heterocycles. The molecule has 0 fully saturated rings. The molecule has 1 atom stereocenters. The number of nitrogens with one attached hydrogen (secondary N) is 1. The molecule has 3 heteroatoms. The molecule has 3 nitrogen and oxygen atoms in total. The second kappa shape index (κ2) is 6.28. The summed E-state index contributed by atoms with van der Waals surface area (Å²) in [6.07, 6.45) is 1.39. The van der Waals surface area contributed by atoms with Crippen LogP contribution >= 0.6 is 0 Å². The van der Waals surface area contributed by atoms with E-state index in [0.29, 0.717) is 6.42 Å². The quantitative estimate of drug-likeness (QED) is 0.800. The number of carbonyl (C=O) groups is 1. The first kappa shape index (κ1) is 12.7. The monoisotopic (exact) mass is 221 g/mol. The van der Waals surface area contributed by atoms with E-state index in [-0.39, 0.29) is 18.6 Å². The number of hydrogen-bond acceptors (Lipinski definition) is 2. The number of hydrogen-bond donors (Lipinski definition) is 2. The van der Waals surface area contributed by atoms with Gasteiger partial charge in [0, 0.05) is 6.42 Å². The zero-order valence-electron chi connectivity index (χ0n) is 9.86. The van der Waals surface area contributed by atoms with Crippen LogP contribution < -0.4 is 5.32 Å². The molecule has 0 saturated carbocycles. The third-order valence-electron chi connectivity index (χ3n) is 2.55. The Labute approximate surface area is 96.5 Å². The molecule has 1 amide bonds. The van der Waals surface area contributed by atoms with Gasteiger partial charge in [-0.3, -0.25) is 4.79 Å². The van der Waals surface area contributed by atoms with Crippen LogP contribution in [0.4, 0.5) is 0 Å². The zero-order chi connectivity index (χ0) is 12.0. The van der Waals surface area contributed by atoms with Crippen LogP contribution in [0.1, 0.15) is 43.9 Å². The molecule has 0 aromatic heterocycles. The molecule has 0 bridgehead atoms. The van der Waals surface area contributed by atoms with Crippen molar-refractivity contribution in [3.63, 3.8) is 0 Å². The Hall–Kier alpha value is -1.35. The molecule has 16 heavy (non-hydrogen) atoms. The Morgan fingerprint density at radius 1 is 1.44 bits per heavy atom.